The van der Waals surface area contributed by atoms with E-state index >= 15 is 0 Å². The van der Waals surface area contributed by atoms with Gasteiger partial charge in [-0.3, -0.25) is 9.59 Å². The van der Waals surface area contributed by atoms with E-state index in [1.165, 1.54) is 18.9 Å². The van der Waals surface area contributed by atoms with Gasteiger partial charge in [0.2, 0.25) is 11.8 Å². The molecule has 0 saturated carbocycles. The average molecular weight is 523 g/mol. The van der Waals surface area contributed by atoms with Gasteiger partial charge in [0.05, 0.1) is 25.7 Å². The Labute approximate surface area is 222 Å². The molecule has 1 N–H and O–H groups in total. The van der Waals surface area contributed by atoms with Crippen molar-refractivity contribution in [2.45, 2.75) is 51.9 Å². The van der Waals surface area contributed by atoms with Crippen molar-refractivity contribution in [1.82, 2.24) is 14.9 Å². The molecule has 0 aliphatic heterocycles. The number of thioether (sulfide) groups is 1. The summed E-state index contributed by atoms with van der Waals surface area (Å²) in [6.45, 7) is 9.54. The Hall–Kier alpha value is -3.59. The lowest BCUT2D eigenvalue weighted by Gasteiger charge is -2.37. The van der Waals surface area contributed by atoms with E-state index in [2.05, 4.69) is 15.3 Å². The molecule has 0 aliphatic carbocycles. The van der Waals surface area contributed by atoms with Gasteiger partial charge in [0.15, 0.2) is 5.16 Å². The van der Waals surface area contributed by atoms with Crippen LogP contribution in [0.1, 0.15) is 36.4 Å². The first kappa shape index (κ1) is 28.0. The largest absolute Gasteiger partial charge is 0.497 e. The smallest absolute Gasteiger partial charge is 0.249 e. The van der Waals surface area contributed by atoms with Crippen LogP contribution in [0.15, 0.2) is 53.7 Å². The van der Waals surface area contributed by atoms with E-state index in [-0.39, 0.29) is 24.1 Å². The van der Waals surface area contributed by atoms with Gasteiger partial charge in [0.1, 0.15) is 17.0 Å². The Kier molecular flexibility index (Phi) is 9.15. The van der Waals surface area contributed by atoms with Gasteiger partial charge in [-0.2, -0.15) is 0 Å². The van der Waals surface area contributed by atoms with E-state index in [1.807, 2.05) is 51.1 Å². The van der Waals surface area contributed by atoms with Crippen molar-refractivity contribution in [3.05, 3.63) is 71.0 Å². The second-order valence-corrected chi connectivity index (χ2v) is 10.2. The van der Waals surface area contributed by atoms with Crippen molar-refractivity contribution in [2.75, 3.05) is 25.3 Å². The molecular formula is C28H34N4O4S. The van der Waals surface area contributed by atoms with Crippen LogP contribution < -0.4 is 14.8 Å². The Balaban J connectivity index is 1.87. The summed E-state index contributed by atoms with van der Waals surface area (Å²) >= 11 is 1.26. The number of benzene rings is 2. The minimum Gasteiger partial charge on any atom is -0.497 e. The maximum atomic E-state index is 13.6. The molecule has 2 aromatic carbocycles. The van der Waals surface area contributed by atoms with Gasteiger partial charge in [0.25, 0.3) is 0 Å². The van der Waals surface area contributed by atoms with Gasteiger partial charge in [-0.25, -0.2) is 9.97 Å². The fraction of sp³-hybridized carbons (Fsp3) is 0.357. The lowest BCUT2D eigenvalue weighted by molar-refractivity contribution is -0.142. The summed E-state index contributed by atoms with van der Waals surface area (Å²) in [4.78, 5) is 37.6. The van der Waals surface area contributed by atoms with Crippen LogP contribution >= 0.6 is 11.8 Å². The molecule has 1 aromatic heterocycles. The molecule has 9 heteroatoms. The SMILES string of the molecule is COc1ccc(NC(=O)C(C)(C)N(Cc2ccc(C)cc2)C(=O)CSc2nc(C)cc(C)n2)c(OC)c1. The Morgan fingerprint density at radius 2 is 1.59 bits per heavy atom. The molecule has 0 aliphatic rings. The molecule has 0 saturated heterocycles. The van der Waals surface area contributed by atoms with E-state index in [1.54, 1.807) is 44.1 Å². The van der Waals surface area contributed by atoms with E-state index in [0.717, 1.165) is 22.5 Å². The summed E-state index contributed by atoms with van der Waals surface area (Å²) in [5.41, 5.74) is 3.03. The first-order valence-corrected chi connectivity index (χ1v) is 12.9. The number of nitrogens with zero attached hydrogens (tertiary/aromatic N) is 3. The quantitative estimate of drug-likeness (QED) is 0.297. The number of amides is 2. The molecule has 0 bridgehead atoms. The highest BCUT2D eigenvalue weighted by Crippen LogP contribution is 2.31. The summed E-state index contributed by atoms with van der Waals surface area (Å²) in [5, 5.41) is 3.46. The molecule has 3 aromatic rings. The summed E-state index contributed by atoms with van der Waals surface area (Å²) in [7, 11) is 3.08. The Bertz CT molecular complexity index is 1240. The van der Waals surface area contributed by atoms with Crippen molar-refractivity contribution < 1.29 is 19.1 Å². The third kappa shape index (κ3) is 7.22. The minimum atomic E-state index is -1.18. The standard InChI is InChI=1S/C28H34N4O4S/c1-18-8-10-21(11-9-18)16-32(25(33)17-37-27-29-19(2)14-20(3)30-27)28(4,5)26(34)31-23-13-12-22(35-6)15-24(23)36-7/h8-15H,16-17H2,1-7H3,(H,31,34). The number of rotatable bonds is 10. The summed E-state index contributed by atoms with van der Waals surface area (Å²) in [5.74, 6) is 0.620. The lowest BCUT2D eigenvalue weighted by atomic mass is 9.99. The Morgan fingerprint density at radius 3 is 2.19 bits per heavy atom. The van der Waals surface area contributed by atoms with Gasteiger partial charge >= 0.3 is 0 Å². The number of hydrogen-bond acceptors (Lipinski definition) is 7. The molecule has 3 rings (SSSR count). The fourth-order valence-electron chi connectivity index (χ4n) is 3.74. The van der Waals surface area contributed by atoms with Crippen molar-refractivity contribution >= 4 is 29.3 Å². The van der Waals surface area contributed by atoms with Crippen molar-refractivity contribution in [3.8, 4) is 11.5 Å². The van der Waals surface area contributed by atoms with Gasteiger partial charge in [0, 0.05) is 24.0 Å². The van der Waals surface area contributed by atoms with Gasteiger partial charge in [-0.15, -0.1) is 0 Å². The number of ether oxygens (including phenoxy) is 2. The van der Waals surface area contributed by atoms with E-state index in [0.29, 0.717) is 22.3 Å². The zero-order valence-electron chi connectivity index (χ0n) is 22.4. The molecule has 8 nitrogen and oxygen atoms in total. The van der Waals surface area contributed by atoms with E-state index in [4.69, 9.17) is 9.47 Å². The molecule has 0 radical (unpaired) electrons. The molecule has 2 amide bonds. The number of methoxy groups -OCH3 is 2. The second kappa shape index (κ2) is 12.1. The third-order valence-corrected chi connectivity index (χ3v) is 6.77. The van der Waals surface area contributed by atoms with Crippen LogP contribution in [0.25, 0.3) is 0 Å². The molecule has 0 atom stereocenters. The highest BCUT2D eigenvalue weighted by atomic mass is 32.2. The summed E-state index contributed by atoms with van der Waals surface area (Å²) in [6.07, 6.45) is 0. The number of carbonyl (C=O) groups excluding carboxylic acids is 2. The first-order valence-electron chi connectivity index (χ1n) is 11.9. The second-order valence-electron chi connectivity index (χ2n) is 9.27. The zero-order valence-corrected chi connectivity index (χ0v) is 23.2. The van der Waals surface area contributed by atoms with Crippen molar-refractivity contribution in [1.29, 1.82) is 0 Å². The van der Waals surface area contributed by atoms with Crippen molar-refractivity contribution in [2.24, 2.45) is 0 Å². The number of aromatic nitrogens is 2. The number of hydrogen-bond donors (Lipinski definition) is 1. The number of nitrogens with one attached hydrogen (secondary N) is 1. The number of aryl methyl sites for hydroxylation is 3. The molecule has 0 spiro atoms. The normalized spacial score (nSPS) is 11.1. The van der Waals surface area contributed by atoms with Crippen LogP contribution in [0, 0.1) is 20.8 Å². The predicted octanol–water partition coefficient (Wildman–Crippen LogP) is 4.96. The zero-order chi connectivity index (χ0) is 27.2. The number of anilines is 1. The first-order chi connectivity index (χ1) is 17.5. The lowest BCUT2D eigenvalue weighted by Crippen LogP contribution is -2.55. The average Bonchev–Trinajstić information content (AvgIpc) is 2.86. The van der Waals surface area contributed by atoms with Gasteiger partial charge in [-0.05, 0) is 58.4 Å². The van der Waals surface area contributed by atoms with E-state index < -0.39 is 5.54 Å². The molecule has 0 fully saturated rings. The minimum absolute atomic E-state index is 0.0946. The van der Waals surface area contributed by atoms with Crippen LogP contribution in [-0.2, 0) is 16.1 Å². The molecule has 1 heterocycles. The fourth-order valence-corrected chi connectivity index (χ4v) is 4.56. The monoisotopic (exact) mass is 522 g/mol. The maximum Gasteiger partial charge on any atom is 0.249 e. The summed E-state index contributed by atoms with van der Waals surface area (Å²) in [6, 6.07) is 14.9. The summed E-state index contributed by atoms with van der Waals surface area (Å²) < 4.78 is 10.7. The van der Waals surface area contributed by atoms with Crippen LogP contribution in [0.2, 0.25) is 0 Å². The topological polar surface area (TPSA) is 93.7 Å². The molecular weight excluding hydrogens is 488 g/mol. The van der Waals surface area contributed by atoms with E-state index in [9.17, 15) is 9.59 Å². The van der Waals surface area contributed by atoms with Crippen LogP contribution in [0.5, 0.6) is 11.5 Å². The Morgan fingerprint density at radius 1 is 0.946 bits per heavy atom. The molecule has 0 unspecified atom stereocenters. The molecule has 196 valence electrons. The van der Waals surface area contributed by atoms with Crippen LogP contribution in [0.4, 0.5) is 5.69 Å². The highest BCUT2D eigenvalue weighted by Gasteiger charge is 2.38. The van der Waals surface area contributed by atoms with Gasteiger partial charge < -0.3 is 19.7 Å². The van der Waals surface area contributed by atoms with Gasteiger partial charge in [-0.1, -0.05) is 41.6 Å². The molecule has 37 heavy (non-hydrogen) atoms. The van der Waals surface area contributed by atoms with Crippen molar-refractivity contribution in [3.63, 3.8) is 0 Å². The highest BCUT2D eigenvalue weighted by molar-refractivity contribution is 7.99. The third-order valence-electron chi connectivity index (χ3n) is 5.94. The predicted molar refractivity (Wildman–Crippen MR) is 146 cm³/mol. The number of carbonyl (C=O) groups is 2. The maximum absolute atomic E-state index is 13.6. The van der Waals surface area contributed by atoms with Crippen LogP contribution in [-0.4, -0.2) is 52.2 Å². The van der Waals surface area contributed by atoms with Crippen LogP contribution in [0.3, 0.4) is 0 Å².